The zero-order valence-electron chi connectivity index (χ0n) is 9.96. The minimum atomic E-state index is -0.344. The van der Waals surface area contributed by atoms with E-state index in [0.717, 1.165) is 5.56 Å². The summed E-state index contributed by atoms with van der Waals surface area (Å²) in [5, 5.41) is 8.74. The molecule has 90 valence electrons. The highest BCUT2D eigenvalue weighted by atomic mass is 16.5. The summed E-state index contributed by atoms with van der Waals surface area (Å²) in [6.07, 6.45) is 0. The highest BCUT2D eigenvalue weighted by Gasteiger charge is 2.05. The van der Waals surface area contributed by atoms with Gasteiger partial charge in [0.05, 0.1) is 0 Å². The summed E-state index contributed by atoms with van der Waals surface area (Å²) in [4.78, 5) is 11.7. The molecule has 0 N–H and O–H groups in total. The van der Waals surface area contributed by atoms with Crippen LogP contribution in [0.5, 0.6) is 5.88 Å². The summed E-state index contributed by atoms with van der Waals surface area (Å²) in [7, 11) is 1.59. The second-order valence-electron chi connectivity index (χ2n) is 3.84. The maximum Gasteiger partial charge on any atom is 0.270 e. The number of nitriles is 1. The number of hydrogen-bond acceptors (Lipinski definition) is 3. The third-order valence-electron chi connectivity index (χ3n) is 2.61. The van der Waals surface area contributed by atoms with Crippen LogP contribution in [0.2, 0.25) is 0 Å². The molecule has 4 nitrogen and oxygen atoms in total. The zero-order valence-corrected chi connectivity index (χ0v) is 9.96. The fourth-order valence-electron chi connectivity index (χ4n) is 1.58. The number of benzene rings is 1. The Morgan fingerprint density at radius 2 is 1.94 bits per heavy atom. The second kappa shape index (κ2) is 5.19. The Kier molecular flexibility index (Phi) is 3.44. The van der Waals surface area contributed by atoms with Crippen molar-refractivity contribution >= 4 is 0 Å². The van der Waals surface area contributed by atoms with Gasteiger partial charge in [0.15, 0.2) is 5.88 Å². The van der Waals surface area contributed by atoms with Crippen molar-refractivity contribution in [3.63, 3.8) is 0 Å². The number of hydrogen-bond donors (Lipinski definition) is 0. The Morgan fingerprint density at radius 3 is 2.61 bits per heavy atom. The van der Waals surface area contributed by atoms with Crippen molar-refractivity contribution in [3.8, 4) is 11.9 Å². The molecular weight excluding hydrogens is 228 g/mol. The molecule has 18 heavy (non-hydrogen) atoms. The Morgan fingerprint density at radius 1 is 1.22 bits per heavy atom. The molecule has 0 radical (unpaired) electrons. The molecule has 0 spiro atoms. The zero-order chi connectivity index (χ0) is 13.0. The predicted molar refractivity (Wildman–Crippen MR) is 67.2 cm³/mol. The molecule has 0 saturated carbocycles. The molecule has 2 aromatic rings. The van der Waals surface area contributed by atoms with E-state index in [2.05, 4.69) is 0 Å². The lowest BCUT2D eigenvalue weighted by Crippen LogP contribution is -2.21. The van der Waals surface area contributed by atoms with Gasteiger partial charge >= 0.3 is 0 Å². The molecule has 0 atom stereocenters. The van der Waals surface area contributed by atoms with Gasteiger partial charge in [-0.2, -0.15) is 5.26 Å². The number of pyridine rings is 1. The van der Waals surface area contributed by atoms with Crippen molar-refractivity contribution in [1.82, 2.24) is 4.57 Å². The van der Waals surface area contributed by atoms with Crippen LogP contribution in [0.25, 0.3) is 0 Å². The standard InChI is InChI=1S/C14H12N2O2/c1-16-13(8-7-12(9-15)14(16)17)18-10-11-5-3-2-4-6-11/h2-8H,10H2,1H3. The summed E-state index contributed by atoms with van der Waals surface area (Å²) in [6, 6.07) is 14.6. The van der Waals surface area contributed by atoms with Crippen LogP contribution in [0.1, 0.15) is 11.1 Å². The lowest BCUT2D eigenvalue weighted by Gasteiger charge is -2.10. The van der Waals surface area contributed by atoms with Crippen LogP contribution in [-0.2, 0) is 13.7 Å². The molecule has 0 fully saturated rings. The van der Waals surface area contributed by atoms with Crippen molar-refractivity contribution < 1.29 is 4.74 Å². The molecule has 0 aliphatic carbocycles. The number of ether oxygens (including phenoxy) is 1. The molecule has 2 rings (SSSR count). The van der Waals surface area contributed by atoms with Gasteiger partial charge in [-0.25, -0.2) is 0 Å². The SMILES string of the molecule is Cn1c(OCc2ccccc2)ccc(C#N)c1=O. The summed E-state index contributed by atoms with van der Waals surface area (Å²) in [6.45, 7) is 0.389. The van der Waals surface area contributed by atoms with Crippen molar-refractivity contribution in [2.75, 3.05) is 0 Å². The van der Waals surface area contributed by atoms with Crippen LogP contribution in [0.4, 0.5) is 0 Å². The second-order valence-corrected chi connectivity index (χ2v) is 3.84. The quantitative estimate of drug-likeness (QED) is 0.822. The molecule has 0 unspecified atom stereocenters. The molecule has 1 aromatic heterocycles. The molecule has 4 heteroatoms. The van der Waals surface area contributed by atoms with Crippen LogP contribution in [0, 0.1) is 11.3 Å². The molecular formula is C14H12N2O2. The number of rotatable bonds is 3. The topological polar surface area (TPSA) is 55.0 Å². The van der Waals surface area contributed by atoms with Crippen LogP contribution in [-0.4, -0.2) is 4.57 Å². The first-order valence-electron chi connectivity index (χ1n) is 5.49. The molecule has 1 heterocycles. The Labute approximate surface area is 105 Å². The summed E-state index contributed by atoms with van der Waals surface area (Å²) >= 11 is 0. The van der Waals surface area contributed by atoms with Crippen LogP contribution in [0.3, 0.4) is 0 Å². The van der Waals surface area contributed by atoms with E-state index in [1.807, 2.05) is 36.4 Å². The van der Waals surface area contributed by atoms with E-state index in [0.29, 0.717) is 12.5 Å². The van der Waals surface area contributed by atoms with Gasteiger partial charge in [-0.15, -0.1) is 0 Å². The van der Waals surface area contributed by atoms with E-state index in [9.17, 15) is 4.79 Å². The van der Waals surface area contributed by atoms with Gasteiger partial charge in [-0.3, -0.25) is 9.36 Å². The smallest absolute Gasteiger partial charge is 0.270 e. The maximum absolute atomic E-state index is 11.7. The highest BCUT2D eigenvalue weighted by Crippen LogP contribution is 2.10. The van der Waals surface area contributed by atoms with E-state index < -0.39 is 0 Å². The molecule has 0 amide bonds. The molecule has 0 bridgehead atoms. The Balaban J connectivity index is 2.19. The largest absolute Gasteiger partial charge is 0.474 e. The molecule has 1 aromatic carbocycles. The van der Waals surface area contributed by atoms with Crippen molar-refractivity contribution in [2.45, 2.75) is 6.61 Å². The van der Waals surface area contributed by atoms with Gasteiger partial charge in [0.2, 0.25) is 0 Å². The van der Waals surface area contributed by atoms with E-state index in [-0.39, 0.29) is 11.1 Å². The summed E-state index contributed by atoms with van der Waals surface area (Å²) < 4.78 is 6.89. The Hall–Kier alpha value is -2.54. The first kappa shape index (κ1) is 11.9. The lowest BCUT2D eigenvalue weighted by atomic mass is 10.2. The number of nitrogens with zero attached hydrogens (tertiary/aromatic N) is 2. The van der Waals surface area contributed by atoms with Crippen molar-refractivity contribution in [1.29, 1.82) is 5.26 Å². The van der Waals surface area contributed by atoms with E-state index >= 15 is 0 Å². The normalized spacial score (nSPS) is 9.78. The fourth-order valence-corrected chi connectivity index (χ4v) is 1.58. The minimum absolute atomic E-state index is 0.115. The van der Waals surface area contributed by atoms with Gasteiger partial charge in [0.25, 0.3) is 5.56 Å². The third-order valence-corrected chi connectivity index (χ3v) is 2.61. The summed E-state index contributed by atoms with van der Waals surface area (Å²) in [5.74, 6) is 0.447. The van der Waals surface area contributed by atoms with Crippen molar-refractivity contribution in [3.05, 3.63) is 63.9 Å². The van der Waals surface area contributed by atoms with E-state index in [1.165, 1.54) is 10.6 Å². The van der Waals surface area contributed by atoms with Gasteiger partial charge in [-0.05, 0) is 11.6 Å². The fraction of sp³-hybridized carbons (Fsp3) is 0.143. The van der Waals surface area contributed by atoms with Gasteiger partial charge in [-0.1, -0.05) is 30.3 Å². The number of aromatic nitrogens is 1. The van der Waals surface area contributed by atoms with Gasteiger partial charge < -0.3 is 4.74 Å². The molecule has 0 aliphatic heterocycles. The minimum Gasteiger partial charge on any atom is -0.474 e. The summed E-state index contributed by atoms with van der Waals surface area (Å²) in [5.41, 5.74) is 0.793. The van der Waals surface area contributed by atoms with Crippen molar-refractivity contribution in [2.24, 2.45) is 7.05 Å². The van der Waals surface area contributed by atoms with Gasteiger partial charge in [0.1, 0.15) is 18.2 Å². The third kappa shape index (κ3) is 2.41. The highest BCUT2D eigenvalue weighted by molar-refractivity contribution is 5.29. The van der Waals surface area contributed by atoms with Crippen LogP contribution in [0.15, 0.2) is 47.3 Å². The van der Waals surface area contributed by atoms with Gasteiger partial charge in [0, 0.05) is 13.1 Å². The first-order valence-corrected chi connectivity index (χ1v) is 5.49. The average molecular weight is 240 g/mol. The van der Waals surface area contributed by atoms with Crippen LogP contribution < -0.4 is 10.3 Å². The van der Waals surface area contributed by atoms with Crippen LogP contribution >= 0.6 is 0 Å². The predicted octanol–water partition coefficient (Wildman–Crippen LogP) is 1.84. The van der Waals surface area contributed by atoms with E-state index in [4.69, 9.17) is 10.00 Å². The van der Waals surface area contributed by atoms with E-state index in [1.54, 1.807) is 13.1 Å². The Bertz CT molecular complexity index is 639. The molecule has 0 aliphatic rings. The first-order chi connectivity index (χ1) is 8.72. The lowest BCUT2D eigenvalue weighted by molar-refractivity contribution is 0.279. The average Bonchev–Trinajstić information content (AvgIpc) is 2.42. The maximum atomic E-state index is 11.7. The molecule has 0 saturated heterocycles. The monoisotopic (exact) mass is 240 g/mol.